The first-order valence-corrected chi connectivity index (χ1v) is 10.7. The molecule has 0 aliphatic carbocycles. The van der Waals surface area contributed by atoms with E-state index in [0.717, 1.165) is 42.2 Å². The summed E-state index contributed by atoms with van der Waals surface area (Å²) in [5.74, 6) is 1.69. The van der Waals surface area contributed by atoms with Crippen LogP contribution in [-0.2, 0) is 7.05 Å². The van der Waals surface area contributed by atoms with Crippen LogP contribution in [-0.4, -0.2) is 32.4 Å². The molecule has 4 aromatic rings. The van der Waals surface area contributed by atoms with Crippen molar-refractivity contribution in [3.05, 3.63) is 70.9 Å². The highest BCUT2D eigenvalue weighted by molar-refractivity contribution is 6.30. The van der Waals surface area contributed by atoms with Gasteiger partial charge in [-0.25, -0.2) is 0 Å². The Balaban J connectivity index is 1.42. The summed E-state index contributed by atoms with van der Waals surface area (Å²) in [6.07, 6.45) is 1.95. The molecule has 2 aromatic carbocycles. The second-order valence-corrected chi connectivity index (χ2v) is 8.24. The molecule has 0 unspecified atom stereocenters. The predicted octanol–water partition coefficient (Wildman–Crippen LogP) is 4.23. The molecule has 0 spiro atoms. The van der Waals surface area contributed by atoms with Gasteiger partial charge in [0, 0.05) is 41.4 Å². The second kappa shape index (κ2) is 8.12. The van der Waals surface area contributed by atoms with E-state index < -0.39 is 5.91 Å². The van der Waals surface area contributed by atoms with E-state index in [1.807, 2.05) is 54.1 Å². The van der Waals surface area contributed by atoms with Gasteiger partial charge in [-0.2, -0.15) is 0 Å². The summed E-state index contributed by atoms with van der Waals surface area (Å²) in [6, 6.07) is 16.6. The van der Waals surface area contributed by atoms with E-state index in [0.29, 0.717) is 22.2 Å². The number of anilines is 1. The Hall–Kier alpha value is -3.65. The molecule has 5 rings (SSSR count). The molecule has 32 heavy (non-hydrogen) atoms. The number of hydrogen-bond acceptors (Lipinski definition) is 6. The summed E-state index contributed by atoms with van der Waals surface area (Å²) < 4.78 is 7.58. The third kappa shape index (κ3) is 3.62. The lowest BCUT2D eigenvalue weighted by Gasteiger charge is -2.23. The highest BCUT2D eigenvalue weighted by atomic mass is 35.5. The molecule has 1 saturated heterocycles. The van der Waals surface area contributed by atoms with E-state index in [9.17, 15) is 4.79 Å². The van der Waals surface area contributed by atoms with E-state index in [1.54, 1.807) is 12.1 Å². The first kappa shape index (κ1) is 20.3. The number of hydrogen-bond donors (Lipinski definition) is 1. The van der Waals surface area contributed by atoms with Crippen LogP contribution in [0.4, 0.5) is 5.95 Å². The molecule has 9 heteroatoms. The molecule has 1 fully saturated rings. The van der Waals surface area contributed by atoms with Crippen LogP contribution < -0.4 is 10.6 Å². The van der Waals surface area contributed by atoms with Crippen LogP contribution >= 0.6 is 11.6 Å². The summed E-state index contributed by atoms with van der Waals surface area (Å²) in [5, 5.41) is 13.8. The van der Waals surface area contributed by atoms with Gasteiger partial charge in [-0.15, -0.1) is 10.2 Å². The normalized spacial score (nSPS) is 15.9. The fraction of sp³-hybridized carbons (Fsp3) is 0.217. The van der Waals surface area contributed by atoms with Crippen molar-refractivity contribution in [3.8, 4) is 22.7 Å². The quantitative estimate of drug-likeness (QED) is 0.490. The summed E-state index contributed by atoms with van der Waals surface area (Å²) >= 11 is 6.12. The minimum Gasteiger partial charge on any atom is -0.366 e. The first-order valence-electron chi connectivity index (χ1n) is 10.3. The average Bonchev–Trinajstić information content (AvgIpc) is 3.53. The molecule has 1 aliphatic rings. The highest BCUT2D eigenvalue weighted by Crippen LogP contribution is 2.37. The zero-order valence-corrected chi connectivity index (χ0v) is 18.2. The summed E-state index contributed by atoms with van der Waals surface area (Å²) in [6.45, 7) is 0.844. The van der Waals surface area contributed by atoms with E-state index >= 15 is 0 Å². The average molecular weight is 449 g/mol. The van der Waals surface area contributed by atoms with Gasteiger partial charge in [-0.05, 0) is 37.1 Å². The lowest BCUT2D eigenvalue weighted by molar-refractivity contribution is 0.100. The van der Waals surface area contributed by atoms with Crippen LogP contribution in [0.15, 0.2) is 59.1 Å². The lowest BCUT2D eigenvalue weighted by atomic mass is 10.1. The Morgan fingerprint density at radius 3 is 2.69 bits per heavy atom. The number of amides is 1. The number of nitrogens with zero attached hydrogens (tertiary/aromatic N) is 5. The third-order valence-corrected chi connectivity index (χ3v) is 6.00. The Kier molecular flexibility index (Phi) is 5.14. The van der Waals surface area contributed by atoms with Crippen molar-refractivity contribution in [1.29, 1.82) is 0 Å². The van der Waals surface area contributed by atoms with E-state index in [2.05, 4.69) is 20.3 Å². The zero-order chi connectivity index (χ0) is 22.2. The third-order valence-electron chi connectivity index (χ3n) is 5.77. The fourth-order valence-electron chi connectivity index (χ4n) is 4.14. The minimum atomic E-state index is -0.458. The van der Waals surface area contributed by atoms with Crippen LogP contribution in [0.1, 0.15) is 34.9 Å². The molecule has 8 nitrogen and oxygen atoms in total. The molecule has 162 valence electrons. The van der Waals surface area contributed by atoms with Gasteiger partial charge in [0.05, 0.1) is 6.04 Å². The van der Waals surface area contributed by atoms with Gasteiger partial charge >= 0.3 is 0 Å². The smallest absolute Gasteiger partial charge is 0.248 e. The van der Waals surface area contributed by atoms with Crippen molar-refractivity contribution in [3.63, 3.8) is 0 Å². The number of halogens is 1. The molecule has 1 atom stereocenters. The van der Waals surface area contributed by atoms with Crippen molar-refractivity contribution >= 4 is 23.5 Å². The summed E-state index contributed by atoms with van der Waals surface area (Å²) in [4.78, 5) is 13.5. The largest absolute Gasteiger partial charge is 0.366 e. The maximum Gasteiger partial charge on any atom is 0.248 e. The van der Waals surface area contributed by atoms with Crippen LogP contribution in [0.2, 0.25) is 5.02 Å². The van der Waals surface area contributed by atoms with Crippen molar-refractivity contribution in [2.75, 3.05) is 11.4 Å². The number of rotatable bonds is 5. The monoisotopic (exact) mass is 448 g/mol. The molecule has 2 N–H and O–H groups in total. The molecular formula is C23H21ClN6O2. The van der Waals surface area contributed by atoms with Gasteiger partial charge < -0.3 is 15.2 Å². The lowest BCUT2D eigenvalue weighted by Crippen LogP contribution is -2.25. The van der Waals surface area contributed by atoms with E-state index in [1.165, 1.54) is 0 Å². The Morgan fingerprint density at radius 1 is 1.12 bits per heavy atom. The molecule has 2 aromatic heterocycles. The Morgan fingerprint density at radius 2 is 1.94 bits per heavy atom. The van der Waals surface area contributed by atoms with Gasteiger partial charge in [-0.1, -0.05) is 41.0 Å². The summed E-state index contributed by atoms with van der Waals surface area (Å²) in [7, 11) is 1.93. The van der Waals surface area contributed by atoms with E-state index in [-0.39, 0.29) is 6.04 Å². The SMILES string of the molecule is Cn1c(-c2ccc(C(N)=O)cc2)nnc1N1CCC[C@@H]1c1cc(-c2cccc(Cl)c2)on1. The molecule has 1 aliphatic heterocycles. The Bertz CT molecular complexity index is 1280. The minimum absolute atomic E-state index is 0.0414. The van der Waals surface area contributed by atoms with Crippen LogP contribution in [0.3, 0.4) is 0 Å². The number of carbonyl (C=O) groups excluding carboxylic acids is 1. The number of carbonyl (C=O) groups is 1. The van der Waals surface area contributed by atoms with Crippen molar-refractivity contribution in [2.24, 2.45) is 12.8 Å². The Labute approximate surface area is 189 Å². The molecular weight excluding hydrogens is 428 g/mol. The number of primary amides is 1. The first-order chi connectivity index (χ1) is 15.5. The van der Waals surface area contributed by atoms with Gasteiger partial charge in [0.15, 0.2) is 11.6 Å². The van der Waals surface area contributed by atoms with Gasteiger partial charge in [0.2, 0.25) is 11.9 Å². The number of benzene rings is 2. The van der Waals surface area contributed by atoms with Crippen LogP contribution in [0.25, 0.3) is 22.7 Å². The topological polar surface area (TPSA) is 103 Å². The standard InChI is InChI=1S/C23H21ClN6O2/c1-29-22(15-9-7-14(8-10-15)21(25)31)26-27-23(29)30-11-3-6-19(30)18-13-20(32-28-18)16-4-2-5-17(24)12-16/h2,4-5,7-10,12-13,19H,3,6,11H2,1H3,(H2,25,31)/t19-/m1/s1. The van der Waals surface area contributed by atoms with Crippen LogP contribution in [0.5, 0.6) is 0 Å². The van der Waals surface area contributed by atoms with Gasteiger partial charge in [0.25, 0.3) is 0 Å². The molecule has 1 amide bonds. The predicted molar refractivity (Wildman–Crippen MR) is 121 cm³/mol. The van der Waals surface area contributed by atoms with Gasteiger partial charge in [0.1, 0.15) is 5.69 Å². The highest BCUT2D eigenvalue weighted by Gasteiger charge is 2.32. The second-order valence-electron chi connectivity index (χ2n) is 7.80. The van der Waals surface area contributed by atoms with Crippen LogP contribution in [0, 0.1) is 0 Å². The van der Waals surface area contributed by atoms with E-state index in [4.69, 9.17) is 21.9 Å². The summed E-state index contributed by atoms with van der Waals surface area (Å²) in [5.41, 5.74) is 8.40. The molecule has 0 saturated carbocycles. The van der Waals surface area contributed by atoms with Crippen molar-refractivity contribution in [2.45, 2.75) is 18.9 Å². The maximum absolute atomic E-state index is 11.3. The molecule has 3 heterocycles. The zero-order valence-electron chi connectivity index (χ0n) is 17.4. The molecule has 0 radical (unpaired) electrons. The number of aromatic nitrogens is 4. The maximum atomic E-state index is 11.3. The fourth-order valence-corrected chi connectivity index (χ4v) is 4.33. The molecule has 0 bridgehead atoms. The van der Waals surface area contributed by atoms with Gasteiger partial charge in [-0.3, -0.25) is 9.36 Å². The van der Waals surface area contributed by atoms with Crippen molar-refractivity contribution in [1.82, 2.24) is 19.9 Å². The number of nitrogens with two attached hydrogens (primary N) is 1. The van der Waals surface area contributed by atoms with Crippen molar-refractivity contribution < 1.29 is 9.32 Å².